The lowest BCUT2D eigenvalue weighted by Gasteiger charge is -2.32. The molecule has 0 atom stereocenters. The number of halogens is 1. The second kappa shape index (κ2) is 11.9. The topological polar surface area (TPSA) is 100 Å². The van der Waals surface area contributed by atoms with Crippen LogP contribution in [-0.2, 0) is 19.4 Å². The number of ether oxygens (including phenoxy) is 1. The lowest BCUT2D eigenvalue weighted by atomic mass is 10.0. The molecule has 1 aliphatic heterocycles. The number of nitrogens with one attached hydrogen (secondary N) is 2. The van der Waals surface area contributed by atoms with Gasteiger partial charge in [0.1, 0.15) is 0 Å². The molecule has 3 heterocycles. The van der Waals surface area contributed by atoms with Crippen LogP contribution in [0, 0.1) is 5.82 Å². The maximum atomic E-state index is 14.7. The lowest BCUT2D eigenvalue weighted by Crippen LogP contribution is -2.45. The van der Waals surface area contributed by atoms with Gasteiger partial charge in [-0.05, 0) is 43.1 Å². The molecule has 1 fully saturated rings. The average molecular weight is 497 g/mol. The predicted octanol–water partition coefficient (Wildman–Crippen LogP) is 1.96. The molecule has 0 aliphatic carbocycles. The number of carbonyl (C=O) groups excluding carboxylic acids is 1. The normalized spacial score (nSPS) is 14.6. The van der Waals surface area contributed by atoms with E-state index in [2.05, 4.69) is 42.5 Å². The fraction of sp³-hybridized carbons (Fsp3) is 0.440. The molecule has 0 bridgehead atoms. The number of rotatable bonds is 10. The third-order valence-corrected chi connectivity index (χ3v) is 6.34. The van der Waals surface area contributed by atoms with Gasteiger partial charge in [-0.15, -0.1) is 0 Å². The molecule has 2 N–H and O–H groups in total. The summed E-state index contributed by atoms with van der Waals surface area (Å²) in [5.74, 6) is -0.247. The third kappa shape index (κ3) is 6.55. The van der Waals surface area contributed by atoms with E-state index in [-0.39, 0.29) is 11.7 Å². The zero-order chi connectivity index (χ0) is 25.5. The number of methoxy groups -OCH3 is 1. The Hall–Kier alpha value is -3.57. The Morgan fingerprint density at radius 3 is 2.53 bits per heavy atom. The summed E-state index contributed by atoms with van der Waals surface area (Å²) in [6.07, 6.45) is 8.03. The molecule has 11 heteroatoms. The molecule has 0 spiro atoms. The Labute approximate surface area is 210 Å². The summed E-state index contributed by atoms with van der Waals surface area (Å²) in [4.78, 5) is 25.6. The monoisotopic (exact) mass is 496 g/mol. The molecule has 2 aromatic heterocycles. The fourth-order valence-electron chi connectivity index (χ4n) is 4.08. The highest BCUT2D eigenvalue weighted by Crippen LogP contribution is 2.24. The van der Waals surface area contributed by atoms with Gasteiger partial charge in [-0.1, -0.05) is 0 Å². The minimum absolute atomic E-state index is 0.0472. The van der Waals surface area contributed by atoms with Gasteiger partial charge in [0.25, 0.3) is 5.91 Å². The van der Waals surface area contributed by atoms with Crippen molar-refractivity contribution in [3.63, 3.8) is 0 Å². The summed E-state index contributed by atoms with van der Waals surface area (Å²) in [5, 5.41) is 10.2. The third-order valence-electron chi connectivity index (χ3n) is 6.34. The molecule has 0 unspecified atom stereocenters. The Balaban J connectivity index is 1.30. The molecular weight excluding hydrogens is 463 g/mol. The minimum atomic E-state index is -0.464. The SMILES string of the molecule is CNC(=O)c1cc(CCc2cnc(Nc3cnn(CCN4CCN(C)CC4)c3)nc2)c(F)c(OC)c1. The summed E-state index contributed by atoms with van der Waals surface area (Å²) in [6.45, 7) is 6.17. The van der Waals surface area contributed by atoms with Crippen LogP contribution in [0.25, 0.3) is 0 Å². The number of piperazine rings is 1. The Morgan fingerprint density at radius 2 is 1.83 bits per heavy atom. The van der Waals surface area contributed by atoms with E-state index < -0.39 is 5.82 Å². The first kappa shape index (κ1) is 25.5. The number of nitrogens with zero attached hydrogens (tertiary/aromatic N) is 6. The number of hydrogen-bond acceptors (Lipinski definition) is 8. The first-order valence-corrected chi connectivity index (χ1v) is 12.0. The van der Waals surface area contributed by atoms with Gasteiger partial charge in [0, 0.05) is 63.9 Å². The van der Waals surface area contributed by atoms with Gasteiger partial charge in [-0.3, -0.25) is 14.4 Å². The second-order valence-corrected chi connectivity index (χ2v) is 8.91. The quantitative estimate of drug-likeness (QED) is 0.440. The largest absolute Gasteiger partial charge is 0.494 e. The van der Waals surface area contributed by atoms with E-state index in [1.165, 1.54) is 20.2 Å². The van der Waals surface area contributed by atoms with Crippen LogP contribution >= 0.6 is 0 Å². The standard InChI is InChI=1S/C25H33FN8O2/c1-27-24(35)20-12-19(23(26)22(13-20)36-3)5-4-18-14-28-25(29-15-18)31-21-16-30-34(17-21)11-10-33-8-6-32(2)7-9-33/h12-17H,4-11H2,1-3H3,(H,27,35)(H,28,29,31). The maximum Gasteiger partial charge on any atom is 0.251 e. The van der Waals surface area contributed by atoms with Gasteiger partial charge in [-0.2, -0.15) is 5.10 Å². The highest BCUT2D eigenvalue weighted by molar-refractivity contribution is 5.94. The van der Waals surface area contributed by atoms with E-state index >= 15 is 0 Å². The van der Waals surface area contributed by atoms with Crippen molar-refractivity contribution in [1.29, 1.82) is 0 Å². The Kier molecular flexibility index (Phi) is 8.44. The molecule has 1 saturated heterocycles. The molecule has 10 nitrogen and oxygen atoms in total. The number of hydrogen-bond donors (Lipinski definition) is 2. The van der Waals surface area contributed by atoms with Crippen molar-refractivity contribution in [1.82, 2.24) is 34.9 Å². The van der Waals surface area contributed by atoms with Gasteiger partial charge >= 0.3 is 0 Å². The van der Waals surface area contributed by atoms with Crippen LogP contribution in [0.5, 0.6) is 5.75 Å². The number of carbonyl (C=O) groups is 1. The van der Waals surface area contributed by atoms with Crippen molar-refractivity contribution < 1.29 is 13.9 Å². The van der Waals surface area contributed by atoms with Gasteiger partial charge in [-0.25, -0.2) is 14.4 Å². The summed E-state index contributed by atoms with van der Waals surface area (Å²) in [5.41, 5.74) is 2.43. The lowest BCUT2D eigenvalue weighted by molar-refractivity contribution is 0.0962. The zero-order valence-corrected chi connectivity index (χ0v) is 21.0. The molecule has 1 aromatic carbocycles. The molecule has 0 saturated carbocycles. The average Bonchev–Trinajstić information content (AvgIpc) is 3.35. The van der Waals surface area contributed by atoms with Crippen molar-refractivity contribution in [3.8, 4) is 5.75 Å². The van der Waals surface area contributed by atoms with Crippen LogP contribution in [-0.4, -0.2) is 89.4 Å². The molecule has 0 radical (unpaired) electrons. The van der Waals surface area contributed by atoms with Crippen LogP contribution < -0.4 is 15.4 Å². The van der Waals surface area contributed by atoms with E-state index in [0.29, 0.717) is 29.9 Å². The van der Waals surface area contributed by atoms with Crippen LogP contribution in [0.2, 0.25) is 0 Å². The number of aryl methyl sites for hydroxylation is 2. The first-order valence-electron chi connectivity index (χ1n) is 12.0. The highest BCUT2D eigenvalue weighted by atomic mass is 19.1. The van der Waals surface area contributed by atoms with Crippen LogP contribution in [0.15, 0.2) is 36.9 Å². The van der Waals surface area contributed by atoms with Crippen molar-refractivity contribution in [2.24, 2.45) is 0 Å². The molecule has 3 aromatic rings. The van der Waals surface area contributed by atoms with E-state index in [1.807, 2.05) is 10.9 Å². The number of anilines is 2. The number of amides is 1. The Morgan fingerprint density at radius 1 is 1.08 bits per heavy atom. The zero-order valence-electron chi connectivity index (χ0n) is 21.0. The van der Waals surface area contributed by atoms with Gasteiger partial charge in [0.2, 0.25) is 5.95 Å². The molecule has 36 heavy (non-hydrogen) atoms. The van der Waals surface area contributed by atoms with Crippen molar-refractivity contribution in [3.05, 3.63) is 59.4 Å². The van der Waals surface area contributed by atoms with E-state index in [0.717, 1.165) is 50.5 Å². The Bertz CT molecular complexity index is 1160. The van der Waals surface area contributed by atoms with Gasteiger partial charge in [0.15, 0.2) is 11.6 Å². The highest BCUT2D eigenvalue weighted by Gasteiger charge is 2.16. The van der Waals surface area contributed by atoms with E-state index in [1.54, 1.807) is 24.7 Å². The van der Waals surface area contributed by atoms with Crippen LogP contribution in [0.1, 0.15) is 21.5 Å². The van der Waals surface area contributed by atoms with Crippen molar-refractivity contribution in [2.45, 2.75) is 19.4 Å². The molecule has 192 valence electrons. The summed E-state index contributed by atoms with van der Waals surface area (Å²) in [6, 6.07) is 2.95. The summed E-state index contributed by atoms with van der Waals surface area (Å²) < 4.78 is 21.7. The minimum Gasteiger partial charge on any atom is -0.494 e. The first-order chi connectivity index (χ1) is 17.4. The van der Waals surface area contributed by atoms with E-state index in [4.69, 9.17) is 4.74 Å². The second-order valence-electron chi connectivity index (χ2n) is 8.91. The smallest absolute Gasteiger partial charge is 0.251 e. The molecule has 4 rings (SSSR count). The fourth-order valence-corrected chi connectivity index (χ4v) is 4.08. The predicted molar refractivity (Wildman–Crippen MR) is 135 cm³/mol. The van der Waals surface area contributed by atoms with Crippen molar-refractivity contribution >= 4 is 17.5 Å². The number of benzene rings is 1. The maximum absolute atomic E-state index is 14.7. The van der Waals surface area contributed by atoms with Crippen LogP contribution in [0.4, 0.5) is 16.0 Å². The number of aromatic nitrogens is 4. The summed E-state index contributed by atoms with van der Waals surface area (Å²) >= 11 is 0. The molecule has 1 aliphatic rings. The number of likely N-dealkylation sites (N-methyl/N-ethyl adjacent to an activating group) is 1. The van der Waals surface area contributed by atoms with Crippen LogP contribution in [0.3, 0.4) is 0 Å². The molecule has 1 amide bonds. The van der Waals surface area contributed by atoms with Gasteiger partial charge < -0.3 is 20.3 Å². The summed E-state index contributed by atoms with van der Waals surface area (Å²) in [7, 11) is 5.07. The van der Waals surface area contributed by atoms with E-state index in [9.17, 15) is 9.18 Å². The van der Waals surface area contributed by atoms with Gasteiger partial charge in [0.05, 0.1) is 25.5 Å². The van der Waals surface area contributed by atoms with Crippen molar-refractivity contribution in [2.75, 3.05) is 59.2 Å². The molecular formula is C25H33FN8O2.